The van der Waals surface area contributed by atoms with Crippen LogP contribution in [0.3, 0.4) is 0 Å². The van der Waals surface area contributed by atoms with Crippen molar-refractivity contribution < 1.29 is 4.74 Å². The van der Waals surface area contributed by atoms with Gasteiger partial charge in [-0.05, 0) is 13.0 Å². The quantitative estimate of drug-likeness (QED) is 0.593. The number of ether oxygens (including phenoxy) is 1. The molecule has 1 atom stereocenters. The number of hydrogen-bond acceptors (Lipinski definition) is 3. The van der Waals surface area contributed by atoms with Gasteiger partial charge in [0.2, 0.25) is 0 Å². The zero-order valence-corrected chi connectivity index (χ0v) is 6.55. The summed E-state index contributed by atoms with van der Waals surface area (Å²) in [6.07, 6.45) is 1.31. The summed E-state index contributed by atoms with van der Waals surface area (Å²) in [5, 5.41) is 0. The number of rotatable bonds is 2. The summed E-state index contributed by atoms with van der Waals surface area (Å²) < 4.78 is 5.19. The van der Waals surface area contributed by atoms with Crippen LogP contribution in [0.4, 0.5) is 0 Å². The topological polar surface area (TPSA) is 38.5 Å². The fourth-order valence-corrected chi connectivity index (χ4v) is 1.22. The Hall–Kier alpha value is -0.120. The lowest BCUT2D eigenvalue weighted by Gasteiger charge is -2.32. The highest BCUT2D eigenvalue weighted by Gasteiger charge is 2.17. The van der Waals surface area contributed by atoms with Crippen LogP contribution in [0.15, 0.2) is 0 Å². The molecule has 0 saturated carbocycles. The van der Waals surface area contributed by atoms with Crippen LogP contribution in [-0.4, -0.2) is 37.4 Å². The van der Waals surface area contributed by atoms with E-state index in [0.717, 1.165) is 19.7 Å². The Balaban J connectivity index is 2.25. The van der Waals surface area contributed by atoms with E-state index in [1.54, 1.807) is 0 Å². The lowest BCUT2D eigenvalue weighted by atomic mass is 10.3. The normalized spacial score (nSPS) is 28.8. The van der Waals surface area contributed by atoms with Crippen LogP contribution in [0.2, 0.25) is 0 Å². The van der Waals surface area contributed by atoms with Crippen molar-refractivity contribution in [3.63, 3.8) is 0 Å². The van der Waals surface area contributed by atoms with Crippen molar-refractivity contribution in [2.75, 3.05) is 26.3 Å². The van der Waals surface area contributed by atoms with E-state index in [2.05, 4.69) is 11.8 Å². The van der Waals surface area contributed by atoms with Crippen LogP contribution in [-0.2, 0) is 4.74 Å². The van der Waals surface area contributed by atoms with Crippen LogP contribution in [0.1, 0.15) is 13.3 Å². The molecule has 60 valence electrons. The van der Waals surface area contributed by atoms with Crippen LogP contribution < -0.4 is 5.73 Å². The highest BCUT2D eigenvalue weighted by atomic mass is 16.5. The number of hydrogen-bond donors (Lipinski definition) is 1. The molecule has 0 aliphatic carbocycles. The minimum Gasteiger partial charge on any atom is -0.377 e. The summed E-state index contributed by atoms with van der Waals surface area (Å²) in [6, 6.07) is 0. The molecule has 0 aromatic heterocycles. The summed E-state index contributed by atoms with van der Waals surface area (Å²) in [5.74, 6) is 0. The predicted molar refractivity (Wildman–Crippen MR) is 40.7 cm³/mol. The third-order valence-electron chi connectivity index (χ3n) is 1.79. The second-order valence-corrected chi connectivity index (χ2v) is 2.68. The third-order valence-corrected chi connectivity index (χ3v) is 1.79. The fraction of sp³-hybridized carbons (Fsp3) is 1.00. The molecule has 0 amide bonds. The van der Waals surface area contributed by atoms with E-state index in [4.69, 9.17) is 10.5 Å². The van der Waals surface area contributed by atoms with Gasteiger partial charge in [0.15, 0.2) is 0 Å². The molecule has 3 heteroatoms. The molecule has 1 fully saturated rings. The van der Waals surface area contributed by atoms with E-state index >= 15 is 0 Å². The van der Waals surface area contributed by atoms with Gasteiger partial charge in [0.25, 0.3) is 0 Å². The molecule has 1 aliphatic rings. The van der Waals surface area contributed by atoms with Gasteiger partial charge in [-0.15, -0.1) is 0 Å². The van der Waals surface area contributed by atoms with Crippen LogP contribution >= 0.6 is 0 Å². The first-order valence-electron chi connectivity index (χ1n) is 3.92. The Morgan fingerprint density at radius 1 is 1.70 bits per heavy atom. The Bertz CT molecular complexity index is 95.6. The first-order chi connectivity index (χ1) is 4.84. The molecule has 1 unspecified atom stereocenters. The molecule has 0 aromatic rings. The van der Waals surface area contributed by atoms with Gasteiger partial charge < -0.3 is 10.5 Å². The van der Waals surface area contributed by atoms with Gasteiger partial charge >= 0.3 is 0 Å². The Kier molecular flexibility index (Phi) is 3.12. The van der Waals surface area contributed by atoms with Crippen LogP contribution in [0.25, 0.3) is 0 Å². The van der Waals surface area contributed by atoms with E-state index in [9.17, 15) is 0 Å². The zero-order chi connectivity index (χ0) is 7.40. The molecule has 1 aliphatic heterocycles. The van der Waals surface area contributed by atoms with E-state index < -0.39 is 0 Å². The smallest absolute Gasteiger partial charge is 0.0814 e. The van der Waals surface area contributed by atoms with Gasteiger partial charge in [0, 0.05) is 6.54 Å². The SMILES string of the molecule is CCCN1CCOCC1N. The van der Waals surface area contributed by atoms with Gasteiger partial charge in [-0.1, -0.05) is 6.92 Å². The summed E-state index contributed by atoms with van der Waals surface area (Å²) in [6.45, 7) is 5.80. The lowest BCUT2D eigenvalue weighted by molar-refractivity contribution is -0.00472. The second kappa shape index (κ2) is 3.91. The zero-order valence-electron chi connectivity index (χ0n) is 6.55. The van der Waals surface area contributed by atoms with Gasteiger partial charge in [0.1, 0.15) is 0 Å². The third kappa shape index (κ3) is 1.94. The molecule has 0 spiro atoms. The number of morpholine rings is 1. The van der Waals surface area contributed by atoms with Gasteiger partial charge in [0.05, 0.1) is 19.4 Å². The first kappa shape index (κ1) is 7.98. The summed E-state index contributed by atoms with van der Waals surface area (Å²) in [7, 11) is 0. The maximum atomic E-state index is 5.77. The average Bonchev–Trinajstić information content (AvgIpc) is 1.94. The van der Waals surface area contributed by atoms with Crippen LogP contribution in [0, 0.1) is 0 Å². The highest BCUT2D eigenvalue weighted by Crippen LogP contribution is 2.01. The molecule has 1 rings (SSSR count). The van der Waals surface area contributed by atoms with E-state index in [1.165, 1.54) is 6.42 Å². The Labute approximate surface area is 62.1 Å². The Morgan fingerprint density at radius 3 is 3.10 bits per heavy atom. The van der Waals surface area contributed by atoms with Crippen molar-refractivity contribution in [3.05, 3.63) is 0 Å². The van der Waals surface area contributed by atoms with Crippen molar-refractivity contribution >= 4 is 0 Å². The van der Waals surface area contributed by atoms with Crippen molar-refractivity contribution in [3.8, 4) is 0 Å². The maximum absolute atomic E-state index is 5.77. The van der Waals surface area contributed by atoms with Crippen molar-refractivity contribution in [1.82, 2.24) is 4.90 Å². The maximum Gasteiger partial charge on any atom is 0.0814 e. The molecule has 0 aromatic carbocycles. The van der Waals surface area contributed by atoms with Crippen LogP contribution in [0.5, 0.6) is 0 Å². The largest absolute Gasteiger partial charge is 0.377 e. The fourth-order valence-electron chi connectivity index (χ4n) is 1.22. The van der Waals surface area contributed by atoms with Gasteiger partial charge in [-0.2, -0.15) is 0 Å². The van der Waals surface area contributed by atoms with E-state index in [1.807, 2.05) is 0 Å². The molecular formula is C7H16N2O. The molecular weight excluding hydrogens is 128 g/mol. The monoisotopic (exact) mass is 144 g/mol. The summed E-state index contributed by atoms with van der Waals surface area (Å²) >= 11 is 0. The molecule has 0 radical (unpaired) electrons. The van der Waals surface area contributed by atoms with Gasteiger partial charge in [-0.3, -0.25) is 4.90 Å². The van der Waals surface area contributed by atoms with Gasteiger partial charge in [-0.25, -0.2) is 0 Å². The number of nitrogens with zero attached hydrogens (tertiary/aromatic N) is 1. The molecule has 0 bridgehead atoms. The first-order valence-corrected chi connectivity index (χ1v) is 3.92. The highest BCUT2D eigenvalue weighted by molar-refractivity contribution is 4.68. The summed E-state index contributed by atoms with van der Waals surface area (Å²) in [4.78, 5) is 2.27. The van der Waals surface area contributed by atoms with E-state index in [-0.39, 0.29) is 6.17 Å². The Morgan fingerprint density at radius 2 is 2.50 bits per heavy atom. The minimum absolute atomic E-state index is 0.133. The van der Waals surface area contributed by atoms with Crippen molar-refractivity contribution in [2.24, 2.45) is 5.73 Å². The lowest BCUT2D eigenvalue weighted by Crippen LogP contribution is -2.50. The van der Waals surface area contributed by atoms with Crippen molar-refractivity contribution in [2.45, 2.75) is 19.5 Å². The number of nitrogens with two attached hydrogens (primary N) is 1. The van der Waals surface area contributed by atoms with Crippen molar-refractivity contribution in [1.29, 1.82) is 0 Å². The molecule has 3 nitrogen and oxygen atoms in total. The summed E-state index contributed by atoms with van der Waals surface area (Å²) in [5.41, 5.74) is 5.77. The predicted octanol–water partition coefficient (Wildman–Crippen LogP) is 0.0134. The molecule has 1 heterocycles. The minimum atomic E-state index is 0.133. The molecule has 10 heavy (non-hydrogen) atoms. The average molecular weight is 144 g/mol. The molecule has 2 N–H and O–H groups in total. The standard InChI is InChI=1S/C7H16N2O/c1-2-3-9-4-5-10-6-7(9)8/h7H,2-6,8H2,1H3. The molecule has 1 saturated heterocycles. The second-order valence-electron chi connectivity index (χ2n) is 2.68. The van der Waals surface area contributed by atoms with E-state index in [0.29, 0.717) is 6.61 Å².